The van der Waals surface area contributed by atoms with Crippen LogP contribution in [-0.4, -0.2) is 11.4 Å². The van der Waals surface area contributed by atoms with Gasteiger partial charge in [-0.15, -0.1) is 12.4 Å². The number of rotatable bonds is 2. The zero-order valence-electron chi connectivity index (χ0n) is 9.66. The lowest BCUT2D eigenvalue weighted by molar-refractivity contribution is -0.118. The van der Waals surface area contributed by atoms with Gasteiger partial charge >= 0.3 is 0 Å². The Morgan fingerprint density at radius 2 is 1.94 bits per heavy atom. The zero-order valence-corrected chi connectivity index (χ0v) is 10.5. The van der Waals surface area contributed by atoms with E-state index in [0.29, 0.717) is 0 Å². The van der Waals surface area contributed by atoms with Gasteiger partial charge in [0, 0.05) is 5.69 Å². The topological polar surface area (TPSA) is 55.1 Å². The average molecular weight is 253 g/mol. The molecule has 1 amide bonds. The molecule has 1 saturated carbocycles. The summed E-state index contributed by atoms with van der Waals surface area (Å²) < 4.78 is 0. The molecule has 0 radical (unpaired) electrons. The maximum absolute atomic E-state index is 11.8. The van der Waals surface area contributed by atoms with Crippen molar-refractivity contribution in [2.75, 3.05) is 5.32 Å². The lowest BCUT2D eigenvalue weighted by atomic mass is 10.1. The van der Waals surface area contributed by atoms with E-state index < -0.39 is 5.54 Å². The van der Waals surface area contributed by atoms with Crippen LogP contribution >= 0.6 is 12.4 Å². The lowest BCUT2D eigenvalue weighted by Crippen LogP contribution is -2.37. The van der Waals surface area contributed by atoms with Crippen molar-refractivity contribution in [3.05, 3.63) is 29.3 Å². The largest absolute Gasteiger partial charge is 0.324 e. The van der Waals surface area contributed by atoms with Crippen molar-refractivity contribution in [3.8, 4) is 0 Å². The van der Waals surface area contributed by atoms with Crippen molar-refractivity contribution in [2.24, 2.45) is 5.73 Å². The van der Waals surface area contributed by atoms with Crippen LogP contribution in [0.2, 0.25) is 0 Å². The van der Waals surface area contributed by atoms with Crippen molar-refractivity contribution in [1.29, 1.82) is 0 Å². The van der Waals surface area contributed by atoms with Crippen LogP contribution in [0.4, 0.5) is 5.69 Å². The maximum atomic E-state index is 11.8. The van der Waals surface area contributed by atoms with Crippen LogP contribution in [0.5, 0.6) is 0 Å². The number of benzene rings is 1. The van der Waals surface area contributed by atoms with Crippen LogP contribution in [0.3, 0.4) is 0 Å². The van der Waals surface area contributed by atoms with Gasteiger partial charge in [-0.1, -0.05) is 6.07 Å². The molecule has 2 aliphatic rings. The minimum atomic E-state index is -0.584. The molecule has 17 heavy (non-hydrogen) atoms. The monoisotopic (exact) mass is 252 g/mol. The van der Waals surface area contributed by atoms with Crippen LogP contribution in [-0.2, 0) is 17.6 Å². The highest BCUT2D eigenvalue weighted by Gasteiger charge is 2.45. The van der Waals surface area contributed by atoms with Gasteiger partial charge in [-0.2, -0.15) is 0 Å². The normalized spacial score (nSPS) is 19.1. The Bertz CT molecular complexity index is 455. The first-order chi connectivity index (χ1) is 7.67. The Kier molecular flexibility index (Phi) is 3.15. The number of amides is 1. The van der Waals surface area contributed by atoms with Crippen molar-refractivity contribution in [1.82, 2.24) is 0 Å². The number of anilines is 1. The Morgan fingerprint density at radius 3 is 2.65 bits per heavy atom. The molecule has 0 unspecified atom stereocenters. The predicted molar refractivity (Wildman–Crippen MR) is 70.5 cm³/mol. The highest BCUT2D eigenvalue weighted by atomic mass is 35.5. The van der Waals surface area contributed by atoms with E-state index >= 15 is 0 Å². The molecule has 1 aromatic rings. The van der Waals surface area contributed by atoms with Gasteiger partial charge in [0.1, 0.15) is 0 Å². The number of halogens is 1. The molecule has 1 aromatic carbocycles. The number of fused-ring (bicyclic) bond motifs is 1. The Morgan fingerprint density at radius 1 is 1.24 bits per heavy atom. The summed E-state index contributed by atoms with van der Waals surface area (Å²) in [6.45, 7) is 0. The highest BCUT2D eigenvalue weighted by Crippen LogP contribution is 2.33. The van der Waals surface area contributed by atoms with Crippen molar-refractivity contribution < 1.29 is 4.79 Å². The third kappa shape index (κ3) is 2.31. The molecule has 0 bridgehead atoms. The summed E-state index contributed by atoms with van der Waals surface area (Å²) in [6.07, 6.45) is 5.15. The van der Waals surface area contributed by atoms with Crippen molar-refractivity contribution >= 4 is 24.0 Å². The van der Waals surface area contributed by atoms with Crippen LogP contribution in [0.1, 0.15) is 30.4 Å². The molecular formula is C13H17ClN2O. The van der Waals surface area contributed by atoms with Gasteiger partial charge < -0.3 is 11.1 Å². The molecule has 3 nitrogen and oxygen atoms in total. The number of hydrogen-bond acceptors (Lipinski definition) is 2. The second-order valence-corrected chi connectivity index (χ2v) is 4.95. The Hall–Kier alpha value is -1.06. The smallest absolute Gasteiger partial charge is 0.244 e. The molecule has 1 fully saturated rings. The number of aryl methyl sites for hydroxylation is 2. The maximum Gasteiger partial charge on any atom is 0.244 e. The fourth-order valence-electron chi connectivity index (χ4n) is 2.27. The van der Waals surface area contributed by atoms with Gasteiger partial charge in [0.05, 0.1) is 5.54 Å². The fourth-order valence-corrected chi connectivity index (χ4v) is 2.27. The molecular weight excluding hydrogens is 236 g/mol. The van der Waals surface area contributed by atoms with Gasteiger partial charge in [-0.25, -0.2) is 0 Å². The molecule has 0 heterocycles. The number of carbonyl (C=O) groups is 1. The van der Waals surface area contributed by atoms with E-state index in [9.17, 15) is 4.79 Å². The van der Waals surface area contributed by atoms with Crippen LogP contribution < -0.4 is 11.1 Å². The summed E-state index contributed by atoms with van der Waals surface area (Å²) in [5, 5.41) is 2.91. The van der Waals surface area contributed by atoms with E-state index in [2.05, 4.69) is 17.4 Å². The minimum absolute atomic E-state index is 0. The van der Waals surface area contributed by atoms with Gasteiger partial charge in [0.25, 0.3) is 0 Å². The van der Waals surface area contributed by atoms with E-state index in [4.69, 9.17) is 5.73 Å². The van der Waals surface area contributed by atoms with E-state index in [1.165, 1.54) is 24.0 Å². The summed E-state index contributed by atoms with van der Waals surface area (Å²) >= 11 is 0. The summed E-state index contributed by atoms with van der Waals surface area (Å²) in [5.41, 5.74) is 8.94. The molecule has 0 spiro atoms. The summed E-state index contributed by atoms with van der Waals surface area (Å²) in [7, 11) is 0. The van der Waals surface area contributed by atoms with Gasteiger partial charge in [0.2, 0.25) is 5.91 Å². The molecule has 0 atom stereocenters. The van der Waals surface area contributed by atoms with E-state index in [1.54, 1.807) is 0 Å². The summed E-state index contributed by atoms with van der Waals surface area (Å²) in [4.78, 5) is 11.8. The number of hydrogen-bond donors (Lipinski definition) is 2. The van der Waals surface area contributed by atoms with E-state index in [1.807, 2.05) is 6.07 Å². The first-order valence-corrected chi connectivity index (χ1v) is 5.90. The van der Waals surface area contributed by atoms with Crippen LogP contribution in [0, 0.1) is 0 Å². The van der Waals surface area contributed by atoms with E-state index in [-0.39, 0.29) is 18.3 Å². The van der Waals surface area contributed by atoms with Gasteiger partial charge in [-0.05, 0) is 55.4 Å². The third-order valence-corrected chi connectivity index (χ3v) is 3.60. The number of carbonyl (C=O) groups excluding carboxylic acids is 1. The quantitative estimate of drug-likeness (QED) is 0.846. The van der Waals surface area contributed by atoms with Gasteiger partial charge in [-0.3, -0.25) is 4.79 Å². The molecule has 4 heteroatoms. The fraction of sp³-hybridized carbons (Fsp3) is 0.462. The predicted octanol–water partition coefficient (Wildman–Crippen LogP) is 2.03. The zero-order chi connectivity index (χ0) is 11.2. The van der Waals surface area contributed by atoms with Crippen LogP contribution in [0.15, 0.2) is 18.2 Å². The standard InChI is InChI=1S/C13H16N2O.ClH/c14-13(6-7-13)12(16)15-11-5-4-9-2-1-3-10(9)8-11;/h4-5,8H,1-3,6-7,14H2,(H,15,16);1H. The highest BCUT2D eigenvalue weighted by molar-refractivity contribution is 6.00. The summed E-state index contributed by atoms with van der Waals surface area (Å²) in [6, 6.07) is 6.19. The molecule has 3 rings (SSSR count). The average Bonchev–Trinajstić information content (AvgIpc) is 2.87. The van der Waals surface area contributed by atoms with E-state index in [0.717, 1.165) is 24.9 Å². The molecule has 0 saturated heterocycles. The molecule has 3 N–H and O–H groups in total. The second-order valence-electron chi connectivity index (χ2n) is 4.95. The van der Waals surface area contributed by atoms with Crippen molar-refractivity contribution in [2.45, 2.75) is 37.6 Å². The first kappa shape index (κ1) is 12.4. The lowest BCUT2D eigenvalue weighted by Gasteiger charge is -2.11. The number of nitrogens with two attached hydrogens (primary N) is 1. The van der Waals surface area contributed by atoms with Crippen LogP contribution in [0.25, 0.3) is 0 Å². The SMILES string of the molecule is Cl.NC1(C(=O)Nc2ccc3c(c2)CCC3)CC1. The summed E-state index contributed by atoms with van der Waals surface area (Å²) in [5.74, 6) is -0.0366. The van der Waals surface area contributed by atoms with Crippen molar-refractivity contribution in [3.63, 3.8) is 0 Å². The molecule has 0 aromatic heterocycles. The molecule has 0 aliphatic heterocycles. The first-order valence-electron chi connectivity index (χ1n) is 5.90. The molecule has 92 valence electrons. The Balaban J connectivity index is 0.00000108. The minimum Gasteiger partial charge on any atom is -0.324 e. The third-order valence-electron chi connectivity index (χ3n) is 3.60. The van der Waals surface area contributed by atoms with Gasteiger partial charge in [0.15, 0.2) is 0 Å². The molecule has 2 aliphatic carbocycles. The second kappa shape index (κ2) is 4.31. The number of nitrogens with one attached hydrogen (secondary N) is 1. The Labute approximate surface area is 107 Å².